The lowest BCUT2D eigenvalue weighted by Gasteiger charge is -2.26. The second-order valence-electron chi connectivity index (χ2n) is 7.98. The zero-order chi connectivity index (χ0) is 22.6. The van der Waals surface area contributed by atoms with Gasteiger partial charge in [-0.05, 0) is 56.1 Å². The molecule has 0 bridgehead atoms. The summed E-state index contributed by atoms with van der Waals surface area (Å²) in [6, 6.07) is 12.3. The molecule has 0 saturated carbocycles. The zero-order valence-electron chi connectivity index (χ0n) is 17.7. The molecule has 2 atom stereocenters. The number of carbonyl (C=O) groups excluding carboxylic acids is 1. The van der Waals surface area contributed by atoms with Crippen molar-refractivity contribution >= 4 is 21.4 Å². The van der Waals surface area contributed by atoms with Crippen molar-refractivity contribution in [1.29, 1.82) is 0 Å². The smallest absolute Gasteiger partial charge is 0.269 e. The summed E-state index contributed by atoms with van der Waals surface area (Å²) in [5.41, 5.74) is 1.38. The standard InChI is InChI=1S/C22H27N3O5S/c1-16(17-8-10-20(11-9-17)31(2,29)30)22(26)23-21(15-24-12-3-4-13-24)18-6-5-7-19(14-18)25(27)28/h5-11,14,16,21H,3-4,12-13,15H2,1-2H3,(H,23,26)/t16?,21-/m1/s1. The van der Waals surface area contributed by atoms with Crippen LogP contribution in [-0.2, 0) is 14.6 Å². The van der Waals surface area contributed by atoms with Crippen LogP contribution < -0.4 is 5.32 Å². The van der Waals surface area contributed by atoms with E-state index in [0.717, 1.165) is 32.2 Å². The third-order valence-corrected chi connectivity index (χ3v) is 6.77. The Morgan fingerprint density at radius 2 is 1.77 bits per heavy atom. The molecule has 0 spiro atoms. The molecule has 31 heavy (non-hydrogen) atoms. The lowest BCUT2D eigenvalue weighted by atomic mass is 9.98. The van der Waals surface area contributed by atoms with Crippen LogP contribution in [0.3, 0.4) is 0 Å². The highest BCUT2D eigenvalue weighted by Gasteiger charge is 2.25. The van der Waals surface area contributed by atoms with E-state index in [4.69, 9.17) is 0 Å². The van der Waals surface area contributed by atoms with Gasteiger partial charge in [0, 0.05) is 24.9 Å². The summed E-state index contributed by atoms with van der Waals surface area (Å²) in [4.78, 5) is 26.2. The molecule has 0 aliphatic carbocycles. The molecule has 1 amide bonds. The van der Waals surface area contributed by atoms with Gasteiger partial charge in [-0.25, -0.2) is 8.42 Å². The van der Waals surface area contributed by atoms with Gasteiger partial charge in [0.1, 0.15) is 0 Å². The fraction of sp³-hybridized carbons (Fsp3) is 0.409. The fourth-order valence-electron chi connectivity index (χ4n) is 3.76. The van der Waals surface area contributed by atoms with Crippen molar-refractivity contribution in [2.75, 3.05) is 25.9 Å². The maximum Gasteiger partial charge on any atom is 0.269 e. The largest absolute Gasteiger partial charge is 0.347 e. The van der Waals surface area contributed by atoms with Crippen LogP contribution in [0.15, 0.2) is 53.4 Å². The molecular weight excluding hydrogens is 418 g/mol. The van der Waals surface area contributed by atoms with E-state index in [1.165, 1.54) is 24.3 Å². The Kier molecular flexibility index (Phi) is 7.07. The minimum Gasteiger partial charge on any atom is -0.347 e. The van der Waals surface area contributed by atoms with Crippen molar-refractivity contribution in [3.63, 3.8) is 0 Å². The molecule has 3 rings (SSSR count). The average Bonchev–Trinajstić information content (AvgIpc) is 3.25. The van der Waals surface area contributed by atoms with Crippen molar-refractivity contribution in [3.8, 4) is 0 Å². The summed E-state index contributed by atoms with van der Waals surface area (Å²) in [5, 5.41) is 14.2. The molecule has 1 N–H and O–H groups in total. The molecule has 2 aromatic carbocycles. The quantitative estimate of drug-likeness (QED) is 0.494. The number of rotatable bonds is 8. The van der Waals surface area contributed by atoms with Crippen molar-refractivity contribution in [3.05, 3.63) is 69.8 Å². The lowest BCUT2D eigenvalue weighted by Crippen LogP contribution is -2.38. The fourth-order valence-corrected chi connectivity index (χ4v) is 4.40. The number of amides is 1. The van der Waals surface area contributed by atoms with E-state index in [2.05, 4.69) is 10.2 Å². The predicted molar refractivity (Wildman–Crippen MR) is 118 cm³/mol. The van der Waals surface area contributed by atoms with Gasteiger partial charge < -0.3 is 10.2 Å². The summed E-state index contributed by atoms with van der Waals surface area (Å²) in [5.74, 6) is -0.726. The summed E-state index contributed by atoms with van der Waals surface area (Å²) in [6.45, 7) is 4.20. The Balaban J connectivity index is 1.80. The Morgan fingerprint density at radius 1 is 1.13 bits per heavy atom. The summed E-state index contributed by atoms with van der Waals surface area (Å²) in [6.07, 6.45) is 3.33. The molecule has 1 aliphatic heterocycles. The minimum absolute atomic E-state index is 0.0115. The van der Waals surface area contributed by atoms with Crippen molar-refractivity contribution < 1.29 is 18.1 Å². The number of nitrogens with zero attached hydrogens (tertiary/aromatic N) is 2. The molecule has 166 valence electrons. The molecule has 0 radical (unpaired) electrons. The van der Waals surface area contributed by atoms with E-state index in [0.29, 0.717) is 17.7 Å². The monoisotopic (exact) mass is 445 g/mol. The van der Waals surface area contributed by atoms with Gasteiger partial charge >= 0.3 is 0 Å². The first-order valence-electron chi connectivity index (χ1n) is 10.2. The second-order valence-corrected chi connectivity index (χ2v) is 10.00. The molecule has 8 nitrogen and oxygen atoms in total. The first-order valence-corrected chi connectivity index (χ1v) is 12.1. The molecule has 1 aliphatic rings. The zero-order valence-corrected chi connectivity index (χ0v) is 18.5. The maximum absolute atomic E-state index is 13.0. The van der Waals surface area contributed by atoms with E-state index < -0.39 is 20.7 Å². The highest BCUT2D eigenvalue weighted by molar-refractivity contribution is 7.90. The van der Waals surface area contributed by atoms with Crippen molar-refractivity contribution in [1.82, 2.24) is 10.2 Å². The van der Waals surface area contributed by atoms with Crippen LogP contribution in [0.4, 0.5) is 5.69 Å². The van der Waals surface area contributed by atoms with E-state index in [-0.39, 0.29) is 22.5 Å². The topological polar surface area (TPSA) is 110 Å². The Hall–Kier alpha value is -2.78. The molecule has 2 aromatic rings. The molecule has 1 saturated heterocycles. The first-order chi connectivity index (χ1) is 14.6. The normalized spacial score (nSPS) is 16.6. The molecule has 1 unspecified atom stereocenters. The SMILES string of the molecule is CC(C(=O)N[C@H](CN1CCCC1)c1cccc([N+](=O)[O-])c1)c1ccc(S(C)(=O)=O)cc1. The van der Waals surface area contributed by atoms with Gasteiger partial charge in [-0.2, -0.15) is 0 Å². The Morgan fingerprint density at radius 3 is 2.35 bits per heavy atom. The summed E-state index contributed by atoms with van der Waals surface area (Å²) < 4.78 is 23.3. The summed E-state index contributed by atoms with van der Waals surface area (Å²) in [7, 11) is -3.31. The number of nitrogens with one attached hydrogen (secondary N) is 1. The number of nitro groups is 1. The van der Waals surface area contributed by atoms with Gasteiger partial charge in [0.2, 0.25) is 5.91 Å². The number of benzene rings is 2. The first kappa shape index (κ1) is 22.9. The van der Waals surface area contributed by atoms with Crippen LogP contribution in [0.1, 0.15) is 42.9 Å². The molecule has 1 heterocycles. The summed E-state index contributed by atoms with van der Waals surface area (Å²) >= 11 is 0. The van der Waals surface area contributed by atoms with Gasteiger partial charge in [0.05, 0.1) is 21.8 Å². The van der Waals surface area contributed by atoms with E-state index in [1.807, 2.05) is 0 Å². The van der Waals surface area contributed by atoms with Crippen LogP contribution >= 0.6 is 0 Å². The van der Waals surface area contributed by atoms with E-state index in [9.17, 15) is 23.3 Å². The number of carbonyl (C=O) groups is 1. The predicted octanol–water partition coefficient (Wildman–Crippen LogP) is 3.06. The van der Waals surface area contributed by atoms with Crippen LogP contribution in [-0.4, -0.2) is 50.0 Å². The van der Waals surface area contributed by atoms with E-state index >= 15 is 0 Å². The number of non-ortho nitro benzene ring substituents is 1. The van der Waals surface area contributed by atoms with E-state index in [1.54, 1.807) is 31.2 Å². The third kappa shape index (κ3) is 5.89. The van der Waals surface area contributed by atoms with Crippen LogP contribution in [0.5, 0.6) is 0 Å². The molecule has 0 aromatic heterocycles. The number of nitro benzene ring substituents is 1. The van der Waals surface area contributed by atoms with Gasteiger partial charge in [-0.3, -0.25) is 14.9 Å². The van der Waals surface area contributed by atoms with Crippen molar-refractivity contribution in [2.24, 2.45) is 0 Å². The highest BCUT2D eigenvalue weighted by atomic mass is 32.2. The number of sulfone groups is 1. The van der Waals surface area contributed by atoms with Gasteiger partial charge in [-0.1, -0.05) is 24.3 Å². The maximum atomic E-state index is 13.0. The Labute approximate surface area is 182 Å². The molecule has 9 heteroatoms. The Bertz CT molecular complexity index is 1050. The van der Waals surface area contributed by atoms with Gasteiger partial charge in [-0.15, -0.1) is 0 Å². The van der Waals surface area contributed by atoms with Gasteiger partial charge in [0.25, 0.3) is 5.69 Å². The van der Waals surface area contributed by atoms with Crippen LogP contribution in [0.25, 0.3) is 0 Å². The third-order valence-electron chi connectivity index (χ3n) is 5.64. The second kappa shape index (κ2) is 9.57. The van der Waals surface area contributed by atoms with Gasteiger partial charge in [0.15, 0.2) is 9.84 Å². The van der Waals surface area contributed by atoms with Crippen LogP contribution in [0, 0.1) is 10.1 Å². The van der Waals surface area contributed by atoms with Crippen LogP contribution in [0.2, 0.25) is 0 Å². The number of hydrogen-bond acceptors (Lipinski definition) is 6. The van der Waals surface area contributed by atoms with Crippen molar-refractivity contribution in [2.45, 2.75) is 36.6 Å². The average molecular weight is 446 g/mol. The highest BCUT2D eigenvalue weighted by Crippen LogP contribution is 2.24. The molecular formula is C22H27N3O5S. The lowest BCUT2D eigenvalue weighted by molar-refractivity contribution is -0.384. The molecule has 1 fully saturated rings. The number of likely N-dealkylation sites (tertiary alicyclic amines) is 1. The number of hydrogen-bond donors (Lipinski definition) is 1. The minimum atomic E-state index is -3.31.